The average Bonchev–Trinajstić information content (AvgIpc) is 3.04. The molecule has 1 aliphatic heterocycles. The number of hydrogen-bond donors (Lipinski definition) is 3. The molecule has 0 radical (unpaired) electrons. The Hall–Kier alpha value is -1.14. The van der Waals surface area contributed by atoms with Crippen LogP contribution in [0.3, 0.4) is 0 Å². The van der Waals surface area contributed by atoms with Gasteiger partial charge in [0, 0.05) is 25.0 Å². The zero-order valence-electron chi connectivity index (χ0n) is 10.5. The molecule has 2 atom stereocenters. The first-order chi connectivity index (χ1) is 8.66. The van der Waals surface area contributed by atoms with Crippen LogP contribution in [0, 0.1) is 5.92 Å². The molecule has 0 aromatic carbocycles. The van der Waals surface area contributed by atoms with Crippen LogP contribution in [-0.2, 0) is 14.3 Å². The van der Waals surface area contributed by atoms with Crippen LogP contribution in [0.2, 0.25) is 0 Å². The zero-order valence-corrected chi connectivity index (χ0v) is 10.5. The van der Waals surface area contributed by atoms with Crippen molar-refractivity contribution in [3.63, 3.8) is 0 Å². The molecule has 4 N–H and O–H groups in total. The second-order valence-electron chi connectivity index (χ2n) is 5.04. The molecule has 0 aromatic rings. The van der Waals surface area contributed by atoms with Gasteiger partial charge in [0.1, 0.15) is 0 Å². The van der Waals surface area contributed by atoms with Crippen LogP contribution >= 0.6 is 0 Å². The standard InChI is InChI=1S/C12H21N3O3/c13-10-7-18-6-9(10)12(17)14-5-1-2-11(16)15-8-3-4-8/h8-10H,1-7,13H2,(H,14,17)(H,15,16). The van der Waals surface area contributed by atoms with E-state index in [0.29, 0.717) is 38.6 Å². The zero-order chi connectivity index (χ0) is 13.0. The fourth-order valence-electron chi connectivity index (χ4n) is 1.96. The maximum atomic E-state index is 11.7. The first-order valence-corrected chi connectivity index (χ1v) is 6.57. The van der Waals surface area contributed by atoms with E-state index in [1.807, 2.05) is 0 Å². The molecule has 6 nitrogen and oxygen atoms in total. The number of carbonyl (C=O) groups is 2. The van der Waals surface area contributed by atoms with Crippen LogP contribution < -0.4 is 16.4 Å². The number of carbonyl (C=O) groups excluding carboxylic acids is 2. The lowest BCUT2D eigenvalue weighted by Crippen LogP contribution is -2.41. The highest BCUT2D eigenvalue weighted by atomic mass is 16.5. The number of rotatable bonds is 6. The molecule has 102 valence electrons. The van der Waals surface area contributed by atoms with Gasteiger partial charge in [-0.25, -0.2) is 0 Å². The molecule has 2 unspecified atom stereocenters. The third-order valence-corrected chi connectivity index (χ3v) is 3.28. The number of ether oxygens (including phenoxy) is 1. The van der Waals surface area contributed by atoms with Crippen LogP contribution in [0.5, 0.6) is 0 Å². The normalized spacial score (nSPS) is 26.9. The van der Waals surface area contributed by atoms with Crippen LogP contribution in [0.25, 0.3) is 0 Å². The lowest BCUT2D eigenvalue weighted by molar-refractivity contribution is -0.125. The first kappa shape index (κ1) is 13.3. The van der Waals surface area contributed by atoms with E-state index in [2.05, 4.69) is 10.6 Å². The second-order valence-corrected chi connectivity index (χ2v) is 5.04. The Balaban J connectivity index is 1.54. The largest absolute Gasteiger partial charge is 0.379 e. The smallest absolute Gasteiger partial charge is 0.227 e. The number of hydrogen-bond acceptors (Lipinski definition) is 4. The van der Waals surface area contributed by atoms with E-state index in [4.69, 9.17) is 10.5 Å². The Morgan fingerprint density at radius 2 is 2.06 bits per heavy atom. The maximum absolute atomic E-state index is 11.7. The molecule has 1 saturated heterocycles. The molecule has 2 aliphatic rings. The van der Waals surface area contributed by atoms with Gasteiger partial charge in [-0.1, -0.05) is 0 Å². The quantitative estimate of drug-likeness (QED) is 0.538. The van der Waals surface area contributed by atoms with Crippen molar-refractivity contribution in [2.45, 2.75) is 37.8 Å². The predicted octanol–water partition coefficient (Wildman–Crippen LogP) is -0.865. The number of amides is 2. The van der Waals surface area contributed by atoms with Gasteiger partial charge in [-0.15, -0.1) is 0 Å². The van der Waals surface area contributed by atoms with Crippen LogP contribution in [0.4, 0.5) is 0 Å². The number of nitrogens with one attached hydrogen (secondary N) is 2. The molecule has 0 spiro atoms. The molecule has 2 rings (SSSR count). The minimum atomic E-state index is -0.245. The molecule has 18 heavy (non-hydrogen) atoms. The fourth-order valence-corrected chi connectivity index (χ4v) is 1.96. The Kier molecular flexibility index (Phi) is 4.54. The van der Waals surface area contributed by atoms with Crippen molar-refractivity contribution in [1.82, 2.24) is 10.6 Å². The summed E-state index contributed by atoms with van der Waals surface area (Å²) in [7, 11) is 0. The lowest BCUT2D eigenvalue weighted by Gasteiger charge is -2.13. The van der Waals surface area contributed by atoms with Crippen molar-refractivity contribution in [3.05, 3.63) is 0 Å². The third-order valence-electron chi connectivity index (χ3n) is 3.28. The van der Waals surface area contributed by atoms with Crippen molar-refractivity contribution >= 4 is 11.8 Å². The summed E-state index contributed by atoms with van der Waals surface area (Å²) in [6.45, 7) is 1.36. The molecular formula is C12H21N3O3. The van der Waals surface area contributed by atoms with E-state index in [1.54, 1.807) is 0 Å². The summed E-state index contributed by atoms with van der Waals surface area (Å²) in [5, 5.41) is 5.71. The summed E-state index contributed by atoms with van der Waals surface area (Å²) in [5.74, 6) is -0.236. The van der Waals surface area contributed by atoms with Crippen molar-refractivity contribution in [1.29, 1.82) is 0 Å². The Labute approximate surface area is 107 Å². The van der Waals surface area contributed by atoms with Gasteiger partial charge in [-0.3, -0.25) is 9.59 Å². The van der Waals surface area contributed by atoms with Gasteiger partial charge in [-0.2, -0.15) is 0 Å². The maximum Gasteiger partial charge on any atom is 0.227 e. The molecular weight excluding hydrogens is 234 g/mol. The van der Waals surface area contributed by atoms with Crippen LogP contribution in [0.1, 0.15) is 25.7 Å². The van der Waals surface area contributed by atoms with Gasteiger partial charge >= 0.3 is 0 Å². The number of nitrogens with two attached hydrogens (primary N) is 1. The topological polar surface area (TPSA) is 93.4 Å². The van der Waals surface area contributed by atoms with E-state index in [0.717, 1.165) is 12.8 Å². The van der Waals surface area contributed by atoms with Gasteiger partial charge in [0.25, 0.3) is 0 Å². The van der Waals surface area contributed by atoms with E-state index in [9.17, 15) is 9.59 Å². The summed E-state index contributed by atoms with van der Waals surface area (Å²) >= 11 is 0. The Bertz CT molecular complexity index is 318. The van der Waals surface area contributed by atoms with E-state index in [1.165, 1.54) is 0 Å². The highest BCUT2D eigenvalue weighted by Crippen LogP contribution is 2.18. The highest BCUT2D eigenvalue weighted by Gasteiger charge is 2.30. The highest BCUT2D eigenvalue weighted by molar-refractivity contribution is 5.80. The summed E-state index contributed by atoms with van der Waals surface area (Å²) in [6, 6.07) is 0.198. The monoisotopic (exact) mass is 255 g/mol. The van der Waals surface area contributed by atoms with Gasteiger partial charge in [0.15, 0.2) is 0 Å². The van der Waals surface area contributed by atoms with Crippen molar-refractivity contribution in [2.75, 3.05) is 19.8 Å². The van der Waals surface area contributed by atoms with Crippen LogP contribution in [0.15, 0.2) is 0 Å². The molecule has 6 heteroatoms. The van der Waals surface area contributed by atoms with Crippen LogP contribution in [-0.4, -0.2) is 43.7 Å². The van der Waals surface area contributed by atoms with Gasteiger partial charge in [0.05, 0.1) is 19.1 Å². The van der Waals surface area contributed by atoms with E-state index < -0.39 is 0 Å². The summed E-state index contributed by atoms with van der Waals surface area (Å²) in [5.41, 5.74) is 5.74. The van der Waals surface area contributed by atoms with Gasteiger partial charge in [-0.05, 0) is 19.3 Å². The van der Waals surface area contributed by atoms with Crippen molar-refractivity contribution in [2.24, 2.45) is 11.7 Å². The third kappa shape index (κ3) is 3.96. The van der Waals surface area contributed by atoms with Crippen molar-refractivity contribution in [3.8, 4) is 0 Å². The average molecular weight is 255 g/mol. The summed E-state index contributed by atoms with van der Waals surface area (Å²) in [4.78, 5) is 23.1. The molecule has 1 heterocycles. The second kappa shape index (κ2) is 6.15. The molecule has 0 bridgehead atoms. The Morgan fingerprint density at radius 3 is 2.67 bits per heavy atom. The summed E-state index contributed by atoms with van der Waals surface area (Å²) in [6.07, 6.45) is 3.32. The predicted molar refractivity (Wildman–Crippen MR) is 65.7 cm³/mol. The molecule has 2 fully saturated rings. The van der Waals surface area contributed by atoms with Gasteiger partial charge in [0.2, 0.25) is 11.8 Å². The van der Waals surface area contributed by atoms with Gasteiger partial charge < -0.3 is 21.1 Å². The molecule has 2 amide bonds. The molecule has 1 aliphatic carbocycles. The van der Waals surface area contributed by atoms with E-state index >= 15 is 0 Å². The molecule has 0 aromatic heterocycles. The fraction of sp³-hybridized carbons (Fsp3) is 0.833. The molecule has 1 saturated carbocycles. The first-order valence-electron chi connectivity index (χ1n) is 6.57. The van der Waals surface area contributed by atoms with E-state index in [-0.39, 0.29) is 23.8 Å². The summed E-state index contributed by atoms with van der Waals surface area (Å²) < 4.78 is 5.14. The Morgan fingerprint density at radius 1 is 1.28 bits per heavy atom. The van der Waals surface area contributed by atoms with Crippen molar-refractivity contribution < 1.29 is 14.3 Å². The minimum absolute atomic E-state index is 0.0670. The lowest BCUT2D eigenvalue weighted by atomic mass is 10.0. The minimum Gasteiger partial charge on any atom is -0.379 e. The SMILES string of the molecule is NC1COCC1C(=O)NCCCC(=O)NC1CC1.